The number of aliphatic hydroxyl groups is 1. The summed E-state index contributed by atoms with van der Waals surface area (Å²) in [6, 6.07) is 10.0. The second-order valence-electron chi connectivity index (χ2n) is 7.06. The molecule has 0 bridgehead atoms. The molecule has 6 nitrogen and oxygen atoms in total. The minimum atomic E-state index is -0.406. The van der Waals surface area contributed by atoms with E-state index in [1.807, 2.05) is 40.6 Å². The van der Waals surface area contributed by atoms with Gasteiger partial charge in [0.2, 0.25) is 0 Å². The summed E-state index contributed by atoms with van der Waals surface area (Å²) in [4.78, 5) is 21.6. The Bertz CT molecular complexity index is 761. The van der Waals surface area contributed by atoms with Crippen molar-refractivity contribution in [2.45, 2.75) is 25.0 Å². The zero-order valence-corrected chi connectivity index (χ0v) is 16.1. The van der Waals surface area contributed by atoms with Crippen LogP contribution >= 0.6 is 11.3 Å². The van der Waals surface area contributed by atoms with Gasteiger partial charge in [0.1, 0.15) is 10.7 Å². The normalized spacial score (nSPS) is 24.6. The zero-order chi connectivity index (χ0) is 18.6. The number of carbonyl (C=O) groups is 1. The second kappa shape index (κ2) is 8.48. The van der Waals surface area contributed by atoms with Gasteiger partial charge in [-0.15, -0.1) is 11.3 Å². The van der Waals surface area contributed by atoms with Gasteiger partial charge in [0.25, 0.3) is 5.91 Å². The molecule has 1 amide bonds. The lowest BCUT2D eigenvalue weighted by atomic mass is 10.0. The van der Waals surface area contributed by atoms with E-state index in [9.17, 15) is 9.90 Å². The lowest BCUT2D eigenvalue weighted by Gasteiger charge is -2.36. The Hall–Kier alpha value is -1.80. The number of morpholine rings is 1. The molecule has 0 aliphatic carbocycles. The molecule has 1 aromatic carbocycles. The average molecular weight is 388 g/mol. The smallest absolute Gasteiger partial charge is 0.273 e. The van der Waals surface area contributed by atoms with Crippen LogP contribution in [0.5, 0.6) is 0 Å². The van der Waals surface area contributed by atoms with Crippen LogP contribution in [0.15, 0.2) is 35.7 Å². The van der Waals surface area contributed by atoms with Crippen LogP contribution < -0.4 is 0 Å². The number of nitrogens with zero attached hydrogens (tertiary/aromatic N) is 3. The summed E-state index contributed by atoms with van der Waals surface area (Å²) >= 11 is 1.49. The largest absolute Gasteiger partial charge is 0.391 e. The number of ether oxygens (including phenoxy) is 1. The molecule has 27 heavy (non-hydrogen) atoms. The van der Waals surface area contributed by atoms with E-state index in [4.69, 9.17) is 4.74 Å². The lowest BCUT2D eigenvalue weighted by Crippen LogP contribution is -2.49. The molecule has 0 unspecified atom stereocenters. The zero-order valence-electron chi connectivity index (χ0n) is 15.3. The van der Waals surface area contributed by atoms with Gasteiger partial charge in [0.15, 0.2) is 0 Å². The Morgan fingerprint density at radius 3 is 2.63 bits per heavy atom. The monoisotopic (exact) mass is 387 g/mol. The summed E-state index contributed by atoms with van der Waals surface area (Å²) in [5.41, 5.74) is 1.53. The standard InChI is InChI=1S/C20H25N3O3S/c24-18-7-9-23(8-6-17(18)22-10-12-26-13-11-22)20(25)16-14-27-19(21-16)15-4-2-1-3-5-15/h1-5,14,17-18,24H,6-13H2/t17-,18-/m0/s1. The Labute approximate surface area is 163 Å². The Balaban J connectivity index is 1.43. The molecule has 4 rings (SSSR count). The van der Waals surface area contributed by atoms with Crippen LogP contribution in [0.25, 0.3) is 10.6 Å². The first-order valence-electron chi connectivity index (χ1n) is 9.52. The SMILES string of the molecule is O=C(c1csc(-c2ccccc2)n1)N1CC[C@H](O)[C@@H](N2CCOCC2)CC1. The van der Waals surface area contributed by atoms with Gasteiger partial charge in [0.05, 0.1) is 19.3 Å². The van der Waals surface area contributed by atoms with Crippen LogP contribution in [0.3, 0.4) is 0 Å². The summed E-state index contributed by atoms with van der Waals surface area (Å²) in [7, 11) is 0. The number of hydrogen-bond donors (Lipinski definition) is 1. The predicted octanol–water partition coefficient (Wildman–Crippen LogP) is 2.11. The van der Waals surface area contributed by atoms with Crippen molar-refractivity contribution in [2.24, 2.45) is 0 Å². The molecule has 0 spiro atoms. The van der Waals surface area contributed by atoms with E-state index >= 15 is 0 Å². The number of aliphatic hydroxyl groups excluding tert-OH is 1. The summed E-state index contributed by atoms with van der Waals surface area (Å²) in [5, 5.41) is 13.3. The van der Waals surface area contributed by atoms with Crippen LogP contribution in [-0.2, 0) is 4.74 Å². The number of rotatable bonds is 3. The number of amides is 1. The van der Waals surface area contributed by atoms with Crippen LogP contribution in [0, 0.1) is 0 Å². The van der Waals surface area contributed by atoms with E-state index in [2.05, 4.69) is 9.88 Å². The molecule has 144 valence electrons. The first kappa shape index (κ1) is 18.6. The van der Waals surface area contributed by atoms with E-state index in [1.165, 1.54) is 11.3 Å². The molecule has 3 heterocycles. The van der Waals surface area contributed by atoms with Crippen LogP contribution in [0.1, 0.15) is 23.3 Å². The van der Waals surface area contributed by atoms with Gasteiger partial charge < -0.3 is 14.7 Å². The molecule has 2 aromatic rings. The van der Waals surface area contributed by atoms with Crippen LogP contribution in [-0.4, -0.2) is 77.3 Å². The molecule has 1 aromatic heterocycles. The van der Waals surface area contributed by atoms with E-state index in [0.29, 0.717) is 38.4 Å². The first-order valence-corrected chi connectivity index (χ1v) is 10.4. The van der Waals surface area contributed by atoms with E-state index < -0.39 is 6.10 Å². The fourth-order valence-corrected chi connectivity index (χ4v) is 4.66. The Kier molecular flexibility index (Phi) is 5.83. The van der Waals surface area contributed by atoms with Crippen LogP contribution in [0.2, 0.25) is 0 Å². The second-order valence-corrected chi connectivity index (χ2v) is 7.91. The van der Waals surface area contributed by atoms with E-state index in [0.717, 1.165) is 30.1 Å². The van der Waals surface area contributed by atoms with E-state index in [-0.39, 0.29) is 11.9 Å². The molecule has 2 aliphatic heterocycles. The Morgan fingerprint density at radius 1 is 1.11 bits per heavy atom. The van der Waals surface area contributed by atoms with Gasteiger partial charge in [-0.3, -0.25) is 9.69 Å². The van der Waals surface area contributed by atoms with Gasteiger partial charge in [-0.05, 0) is 12.8 Å². The number of carbonyl (C=O) groups excluding carboxylic acids is 1. The molecule has 2 fully saturated rings. The van der Waals surface area contributed by atoms with Crippen molar-refractivity contribution in [2.75, 3.05) is 39.4 Å². The van der Waals surface area contributed by atoms with Crippen molar-refractivity contribution in [1.29, 1.82) is 0 Å². The summed E-state index contributed by atoms with van der Waals surface area (Å²) in [6.45, 7) is 4.35. The van der Waals surface area contributed by atoms with Gasteiger partial charge >= 0.3 is 0 Å². The van der Waals surface area contributed by atoms with Crippen molar-refractivity contribution in [3.63, 3.8) is 0 Å². The van der Waals surface area contributed by atoms with Crippen molar-refractivity contribution in [3.8, 4) is 10.6 Å². The van der Waals surface area contributed by atoms with Gasteiger partial charge in [0, 0.05) is 43.2 Å². The van der Waals surface area contributed by atoms with Gasteiger partial charge in [-0.25, -0.2) is 4.98 Å². The summed E-state index contributed by atoms with van der Waals surface area (Å²) < 4.78 is 5.42. The number of thiazole rings is 1. The molecule has 2 saturated heterocycles. The molecule has 7 heteroatoms. The first-order chi connectivity index (χ1) is 13.2. The van der Waals surface area contributed by atoms with Crippen molar-refractivity contribution in [3.05, 3.63) is 41.4 Å². The fraction of sp³-hybridized carbons (Fsp3) is 0.500. The number of hydrogen-bond acceptors (Lipinski definition) is 6. The minimum absolute atomic E-state index is 0.0386. The minimum Gasteiger partial charge on any atom is -0.391 e. The third kappa shape index (κ3) is 4.21. The molecule has 2 aliphatic rings. The van der Waals surface area contributed by atoms with Crippen LogP contribution in [0.4, 0.5) is 0 Å². The number of benzene rings is 1. The number of likely N-dealkylation sites (tertiary alicyclic amines) is 1. The van der Waals surface area contributed by atoms with Crippen molar-refractivity contribution in [1.82, 2.24) is 14.8 Å². The maximum atomic E-state index is 12.9. The molecule has 0 radical (unpaired) electrons. The Morgan fingerprint density at radius 2 is 1.85 bits per heavy atom. The van der Waals surface area contributed by atoms with Crippen molar-refractivity contribution >= 4 is 17.2 Å². The maximum absolute atomic E-state index is 12.9. The third-order valence-electron chi connectivity index (χ3n) is 5.38. The highest BCUT2D eigenvalue weighted by Crippen LogP contribution is 2.25. The highest BCUT2D eigenvalue weighted by atomic mass is 32.1. The van der Waals surface area contributed by atoms with E-state index in [1.54, 1.807) is 0 Å². The molecular formula is C20H25N3O3S. The van der Waals surface area contributed by atoms with Crippen molar-refractivity contribution < 1.29 is 14.6 Å². The molecular weight excluding hydrogens is 362 g/mol. The number of aromatic nitrogens is 1. The molecule has 0 saturated carbocycles. The predicted molar refractivity (Wildman–Crippen MR) is 105 cm³/mol. The van der Waals surface area contributed by atoms with Gasteiger partial charge in [-0.1, -0.05) is 30.3 Å². The van der Waals surface area contributed by atoms with Gasteiger partial charge in [-0.2, -0.15) is 0 Å². The maximum Gasteiger partial charge on any atom is 0.273 e. The highest BCUT2D eigenvalue weighted by molar-refractivity contribution is 7.13. The molecule has 2 atom stereocenters. The fourth-order valence-electron chi connectivity index (χ4n) is 3.86. The lowest BCUT2D eigenvalue weighted by molar-refractivity contribution is -0.0222. The average Bonchev–Trinajstić information content (AvgIpc) is 3.13. The molecule has 1 N–H and O–H groups in total. The topological polar surface area (TPSA) is 65.9 Å². The third-order valence-corrected chi connectivity index (χ3v) is 6.27. The quantitative estimate of drug-likeness (QED) is 0.874. The highest BCUT2D eigenvalue weighted by Gasteiger charge is 2.32. The summed E-state index contributed by atoms with van der Waals surface area (Å²) in [5.74, 6) is -0.0386. The summed E-state index contributed by atoms with van der Waals surface area (Å²) in [6.07, 6.45) is 0.975.